The molecular weight excluding hydrogens is 307 g/mol. The minimum absolute atomic E-state index is 0.163. The van der Waals surface area contributed by atoms with Gasteiger partial charge in [-0.3, -0.25) is 5.84 Å². The second-order valence-corrected chi connectivity index (χ2v) is 6.46. The van der Waals surface area contributed by atoms with Crippen molar-refractivity contribution in [3.8, 4) is 0 Å². The molecule has 0 saturated heterocycles. The first-order chi connectivity index (χ1) is 10.1. The Hall–Kier alpha value is -1.46. The highest BCUT2D eigenvalue weighted by molar-refractivity contribution is 7.19. The number of hydrogen-bond donors (Lipinski definition) is 2. The summed E-state index contributed by atoms with van der Waals surface area (Å²) in [6.45, 7) is 1.96. The average molecular weight is 321 g/mol. The van der Waals surface area contributed by atoms with Crippen molar-refractivity contribution < 1.29 is 4.39 Å². The van der Waals surface area contributed by atoms with Crippen LogP contribution in [0.15, 0.2) is 42.5 Å². The lowest BCUT2D eigenvalue weighted by Gasteiger charge is -2.15. The molecule has 1 heterocycles. The predicted octanol–water partition coefficient (Wildman–Crippen LogP) is 4.55. The molecule has 21 heavy (non-hydrogen) atoms. The smallest absolute Gasteiger partial charge is 0.123 e. The Labute approximate surface area is 131 Å². The summed E-state index contributed by atoms with van der Waals surface area (Å²) in [6, 6.07) is 12.5. The van der Waals surface area contributed by atoms with Crippen LogP contribution in [0.5, 0.6) is 0 Å². The number of hydrazine groups is 1. The Morgan fingerprint density at radius 1 is 1.19 bits per heavy atom. The van der Waals surface area contributed by atoms with Gasteiger partial charge < -0.3 is 0 Å². The highest BCUT2D eigenvalue weighted by Crippen LogP contribution is 2.34. The summed E-state index contributed by atoms with van der Waals surface area (Å²) in [7, 11) is 0. The van der Waals surface area contributed by atoms with Crippen molar-refractivity contribution in [2.75, 3.05) is 0 Å². The van der Waals surface area contributed by atoms with Gasteiger partial charge in [0.1, 0.15) is 5.82 Å². The van der Waals surface area contributed by atoms with E-state index in [-0.39, 0.29) is 11.9 Å². The SMILES string of the molecule is Cc1ccc(C(NN)c2cc3cc(F)ccc3s2)cc1Cl. The van der Waals surface area contributed by atoms with Crippen LogP contribution in [0.2, 0.25) is 5.02 Å². The largest absolute Gasteiger partial charge is 0.271 e. The number of nitrogens with two attached hydrogens (primary N) is 1. The van der Waals surface area contributed by atoms with Gasteiger partial charge in [0.15, 0.2) is 0 Å². The molecule has 3 N–H and O–H groups in total. The zero-order valence-electron chi connectivity index (χ0n) is 11.4. The van der Waals surface area contributed by atoms with Crippen LogP contribution in [-0.2, 0) is 0 Å². The third-order valence-electron chi connectivity index (χ3n) is 3.48. The van der Waals surface area contributed by atoms with E-state index < -0.39 is 0 Å². The van der Waals surface area contributed by atoms with Gasteiger partial charge in [-0.1, -0.05) is 23.7 Å². The maximum absolute atomic E-state index is 13.3. The van der Waals surface area contributed by atoms with Gasteiger partial charge in [0.25, 0.3) is 0 Å². The quantitative estimate of drug-likeness (QED) is 0.548. The molecule has 0 fully saturated rings. The lowest BCUT2D eigenvalue weighted by molar-refractivity contribution is 0.629. The number of aryl methyl sites for hydroxylation is 1. The van der Waals surface area contributed by atoms with Crippen LogP contribution in [0.3, 0.4) is 0 Å². The van der Waals surface area contributed by atoms with E-state index in [2.05, 4.69) is 5.43 Å². The predicted molar refractivity (Wildman–Crippen MR) is 87.1 cm³/mol. The highest BCUT2D eigenvalue weighted by atomic mass is 35.5. The second kappa shape index (κ2) is 5.73. The van der Waals surface area contributed by atoms with Crippen molar-refractivity contribution in [1.29, 1.82) is 0 Å². The Kier molecular flexibility index (Phi) is 3.95. The van der Waals surface area contributed by atoms with E-state index in [0.717, 1.165) is 26.1 Å². The van der Waals surface area contributed by atoms with Crippen LogP contribution in [0.25, 0.3) is 10.1 Å². The van der Waals surface area contributed by atoms with Gasteiger partial charge in [-0.15, -0.1) is 11.3 Å². The van der Waals surface area contributed by atoms with E-state index in [1.54, 1.807) is 17.4 Å². The number of hydrogen-bond acceptors (Lipinski definition) is 3. The molecule has 3 aromatic rings. The summed E-state index contributed by atoms with van der Waals surface area (Å²) in [6.07, 6.45) is 0. The monoisotopic (exact) mass is 320 g/mol. The van der Waals surface area contributed by atoms with Gasteiger partial charge in [0.2, 0.25) is 0 Å². The molecule has 2 nitrogen and oxygen atoms in total. The van der Waals surface area contributed by atoms with Crippen LogP contribution in [0.4, 0.5) is 4.39 Å². The summed E-state index contributed by atoms with van der Waals surface area (Å²) >= 11 is 7.78. The van der Waals surface area contributed by atoms with Gasteiger partial charge in [0, 0.05) is 14.6 Å². The number of rotatable bonds is 3. The first-order valence-electron chi connectivity index (χ1n) is 6.49. The molecule has 0 saturated carbocycles. The fourth-order valence-corrected chi connectivity index (χ4v) is 3.63. The maximum atomic E-state index is 13.3. The van der Waals surface area contributed by atoms with Crippen molar-refractivity contribution in [1.82, 2.24) is 5.43 Å². The number of benzene rings is 2. The minimum Gasteiger partial charge on any atom is -0.271 e. The minimum atomic E-state index is -0.234. The third-order valence-corrected chi connectivity index (χ3v) is 5.07. The number of fused-ring (bicyclic) bond motifs is 1. The molecule has 2 aromatic carbocycles. The number of nitrogens with one attached hydrogen (secondary N) is 1. The standard InChI is InChI=1S/C16H14ClFN2S/c1-9-2-3-10(7-13(9)17)16(20-19)15-8-11-6-12(18)4-5-14(11)21-15/h2-8,16,20H,19H2,1H3. The lowest BCUT2D eigenvalue weighted by Crippen LogP contribution is -2.28. The molecule has 0 bridgehead atoms. The Morgan fingerprint density at radius 3 is 2.71 bits per heavy atom. The molecule has 0 aliphatic carbocycles. The van der Waals surface area contributed by atoms with Gasteiger partial charge in [-0.25, -0.2) is 9.82 Å². The number of halogens is 2. The Balaban J connectivity index is 2.06. The molecular formula is C16H14ClFN2S. The van der Waals surface area contributed by atoms with E-state index in [1.807, 2.05) is 31.2 Å². The molecule has 108 valence electrons. The van der Waals surface area contributed by atoms with Crippen LogP contribution in [0, 0.1) is 12.7 Å². The Bertz CT molecular complexity index is 800. The molecule has 0 spiro atoms. The first-order valence-corrected chi connectivity index (χ1v) is 7.69. The van der Waals surface area contributed by atoms with Crippen molar-refractivity contribution in [2.45, 2.75) is 13.0 Å². The fourth-order valence-electron chi connectivity index (χ4n) is 2.31. The van der Waals surface area contributed by atoms with E-state index >= 15 is 0 Å². The molecule has 0 aliphatic heterocycles. The van der Waals surface area contributed by atoms with Crippen molar-refractivity contribution >= 4 is 33.0 Å². The van der Waals surface area contributed by atoms with E-state index in [0.29, 0.717) is 5.02 Å². The summed E-state index contributed by atoms with van der Waals surface area (Å²) < 4.78 is 14.3. The van der Waals surface area contributed by atoms with E-state index in [4.69, 9.17) is 17.4 Å². The second-order valence-electron chi connectivity index (χ2n) is 4.94. The van der Waals surface area contributed by atoms with E-state index in [9.17, 15) is 4.39 Å². The average Bonchev–Trinajstić information content (AvgIpc) is 2.86. The van der Waals surface area contributed by atoms with Crippen molar-refractivity contribution in [2.24, 2.45) is 5.84 Å². The molecule has 0 aliphatic rings. The van der Waals surface area contributed by atoms with Gasteiger partial charge >= 0.3 is 0 Å². The van der Waals surface area contributed by atoms with Crippen molar-refractivity contribution in [3.05, 3.63) is 69.3 Å². The van der Waals surface area contributed by atoms with Crippen LogP contribution < -0.4 is 11.3 Å². The molecule has 5 heteroatoms. The maximum Gasteiger partial charge on any atom is 0.123 e. The van der Waals surface area contributed by atoms with Gasteiger partial charge in [0.05, 0.1) is 6.04 Å². The fraction of sp³-hybridized carbons (Fsp3) is 0.125. The summed E-state index contributed by atoms with van der Waals surface area (Å²) in [4.78, 5) is 1.03. The summed E-state index contributed by atoms with van der Waals surface area (Å²) in [5.74, 6) is 5.48. The molecule has 1 aromatic heterocycles. The zero-order chi connectivity index (χ0) is 15.0. The van der Waals surface area contributed by atoms with Gasteiger partial charge in [-0.2, -0.15) is 0 Å². The van der Waals surface area contributed by atoms with Gasteiger partial charge in [-0.05, 0) is 53.8 Å². The third kappa shape index (κ3) is 2.80. The topological polar surface area (TPSA) is 38.0 Å². The molecule has 1 unspecified atom stereocenters. The zero-order valence-corrected chi connectivity index (χ0v) is 12.9. The molecule has 1 atom stereocenters. The highest BCUT2D eigenvalue weighted by Gasteiger charge is 2.16. The van der Waals surface area contributed by atoms with Crippen molar-refractivity contribution in [3.63, 3.8) is 0 Å². The molecule has 3 rings (SSSR count). The normalized spacial score (nSPS) is 12.8. The van der Waals surface area contributed by atoms with Crippen LogP contribution in [0.1, 0.15) is 22.0 Å². The summed E-state index contributed by atoms with van der Waals surface area (Å²) in [5.41, 5.74) is 4.82. The Morgan fingerprint density at radius 2 is 2.00 bits per heavy atom. The molecule has 0 radical (unpaired) electrons. The molecule has 0 amide bonds. The first kappa shape index (κ1) is 14.5. The van der Waals surface area contributed by atoms with E-state index in [1.165, 1.54) is 12.1 Å². The van der Waals surface area contributed by atoms with Crippen LogP contribution in [-0.4, -0.2) is 0 Å². The summed E-state index contributed by atoms with van der Waals surface area (Å²) in [5, 5.41) is 1.59. The number of thiophene rings is 1. The lowest BCUT2D eigenvalue weighted by atomic mass is 10.0. The van der Waals surface area contributed by atoms with Crippen LogP contribution >= 0.6 is 22.9 Å².